The molecule has 2 bridgehead atoms. The van der Waals surface area contributed by atoms with Crippen LogP contribution in [-0.4, -0.2) is 19.0 Å². The van der Waals surface area contributed by atoms with E-state index in [1.54, 1.807) is 26.0 Å². The molecule has 6 nitrogen and oxygen atoms in total. The monoisotopic (exact) mass is 282 g/mol. The van der Waals surface area contributed by atoms with Crippen molar-refractivity contribution in [2.45, 2.75) is 19.6 Å². The molecule has 0 heterocycles. The van der Waals surface area contributed by atoms with Crippen LogP contribution in [0.1, 0.15) is 13.8 Å². The Hall–Kier alpha value is -2.38. The van der Waals surface area contributed by atoms with E-state index in [1.165, 1.54) is 0 Å². The van der Waals surface area contributed by atoms with Crippen molar-refractivity contribution in [2.24, 2.45) is 22.7 Å². The lowest BCUT2D eigenvalue weighted by Gasteiger charge is -2.34. The molecular weight excluding hydrogens is 268 g/mol. The first kappa shape index (κ1) is 15.0. The number of fused-ring (bicyclic) bond motifs is 2. The predicted molar refractivity (Wildman–Crippen MR) is 69.4 cm³/mol. The van der Waals surface area contributed by atoms with Gasteiger partial charge < -0.3 is 9.47 Å². The molecule has 106 valence electrons. The van der Waals surface area contributed by atoms with Crippen molar-refractivity contribution in [1.82, 2.24) is 0 Å². The summed E-state index contributed by atoms with van der Waals surface area (Å²) in [5, 5.41) is 38.3. The first-order chi connectivity index (χ1) is 10.1. The van der Waals surface area contributed by atoms with Gasteiger partial charge in [-0.2, -0.15) is 21.0 Å². The summed E-state index contributed by atoms with van der Waals surface area (Å²) in [6.07, 6.45) is 3.32. The molecule has 0 radical (unpaired) electrons. The summed E-state index contributed by atoms with van der Waals surface area (Å²) in [4.78, 5) is 0. The second-order valence-electron chi connectivity index (χ2n) is 4.99. The molecule has 0 spiro atoms. The lowest BCUT2D eigenvalue weighted by molar-refractivity contribution is -0.259. The maximum atomic E-state index is 9.59. The van der Waals surface area contributed by atoms with Crippen molar-refractivity contribution in [1.29, 1.82) is 21.0 Å². The third-order valence-electron chi connectivity index (χ3n) is 4.36. The van der Waals surface area contributed by atoms with Crippen LogP contribution < -0.4 is 0 Å². The molecule has 0 N–H and O–H groups in total. The molecule has 0 aromatic heterocycles. The number of hydrogen-bond acceptors (Lipinski definition) is 6. The van der Waals surface area contributed by atoms with Gasteiger partial charge in [-0.05, 0) is 13.8 Å². The second-order valence-corrected chi connectivity index (χ2v) is 4.99. The summed E-state index contributed by atoms with van der Waals surface area (Å²) in [6, 6.07) is 7.62. The molecule has 0 aromatic rings. The number of nitrogens with zero attached hydrogens (tertiary/aromatic N) is 4. The quantitative estimate of drug-likeness (QED) is 0.572. The number of ether oxygens (including phenoxy) is 2. The van der Waals surface area contributed by atoms with E-state index in [0.29, 0.717) is 0 Å². The molecule has 2 aliphatic rings. The van der Waals surface area contributed by atoms with Crippen LogP contribution in [0.25, 0.3) is 0 Å². The van der Waals surface area contributed by atoms with Crippen molar-refractivity contribution < 1.29 is 9.47 Å². The highest BCUT2D eigenvalue weighted by Crippen LogP contribution is 2.68. The second kappa shape index (κ2) is 4.87. The van der Waals surface area contributed by atoms with Gasteiger partial charge in [-0.3, -0.25) is 0 Å². The van der Waals surface area contributed by atoms with Crippen molar-refractivity contribution in [3.63, 3.8) is 0 Å². The van der Waals surface area contributed by atoms with E-state index >= 15 is 0 Å². The fraction of sp³-hybridized carbons (Fsp3) is 0.600. The van der Waals surface area contributed by atoms with Gasteiger partial charge >= 0.3 is 0 Å². The zero-order chi connectivity index (χ0) is 15.7. The van der Waals surface area contributed by atoms with E-state index < -0.39 is 28.5 Å². The Morgan fingerprint density at radius 2 is 1.14 bits per heavy atom. The van der Waals surface area contributed by atoms with Crippen LogP contribution in [-0.2, 0) is 9.47 Å². The molecule has 1 saturated carbocycles. The van der Waals surface area contributed by atoms with Gasteiger partial charge in [-0.25, -0.2) is 0 Å². The summed E-state index contributed by atoms with van der Waals surface area (Å²) in [7, 11) is 0. The van der Waals surface area contributed by atoms with Gasteiger partial charge in [-0.15, -0.1) is 0 Å². The normalized spacial score (nSPS) is 29.0. The third-order valence-corrected chi connectivity index (χ3v) is 4.36. The average molecular weight is 282 g/mol. The lowest BCUT2D eigenvalue weighted by Crippen LogP contribution is -2.44. The van der Waals surface area contributed by atoms with Gasteiger partial charge in [0.15, 0.2) is 16.6 Å². The van der Waals surface area contributed by atoms with E-state index in [9.17, 15) is 21.0 Å². The molecule has 1 fully saturated rings. The van der Waals surface area contributed by atoms with Crippen LogP contribution in [0.2, 0.25) is 0 Å². The van der Waals surface area contributed by atoms with Crippen molar-refractivity contribution in [3.05, 3.63) is 12.2 Å². The Morgan fingerprint density at radius 3 is 1.38 bits per heavy atom. The number of rotatable bonds is 4. The number of hydrogen-bond donors (Lipinski definition) is 0. The van der Waals surface area contributed by atoms with Crippen LogP contribution >= 0.6 is 0 Å². The van der Waals surface area contributed by atoms with E-state index in [-0.39, 0.29) is 13.2 Å². The molecule has 2 rings (SSSR count). The van der Waals surface area contributed by atoms with E-state index in [4.69, 9.17) is 9.47 Å². The van der Waals surface area contributed by atoms with Gasteiger partial charge in [0.25, 0.3) is 0 Å². The smallest absolute Gasteiger partial charge is 0.187 e. The van der Waals surface area contributed by atoms with Gasteiger partial charge in [-0.1, -0.05) is 12.2 Å². The fourth-order valence-electron chi connectivity index (χ4n) is 3.60. The van der Waals surface area contributed by atoms with Gasteiger partial charge in [0, 0.05) is 13.2 Å². The summed E-state index contributed by atoms with van der Waals surface area (Å²) in [5.74, 6) is -2.85. The Kier molecular flexibility index (Phi) is 3.48. The summed E-state index contributed by atoms with van der Waals surface area (Å²) in [6.45, 7) is 4.10. The molecule has 0 amide bonds. The van der Waals surface area contributed by atoms with Crippen LogP contribution in [0.4, 0.5) is 0 Å². The van der Waals surface area contributed by atoms with Crippen molar-refractivity contribution in [3.8, 4) is 24.3 Å². The van der Waals surface area contributed by atoms with Crippen LogP contribution in [0.15, 0.2) is 12.2 Å². The molecule has 0 aliphatic heterocycles. The third kappa shape index (κ3) is 1.39. The lowest BCUT2D eigenvalue weighted by atomic mass is 9.61. The van der Waals surface area contributed by atoms with Gasteiger partial charge in [0.2, 0.25) is 0 Å². The first-order valence-electron chi connectivity index (χ1n) is 6.70. The fourth-order valence-corrected chi connectivity index (χ4v) is 3.60. The Labute approximate surface area is 123 Å². The topological polar surface area (TPSA) is 114 Å². The summed E-state index contributed by atoms with van der Waals surface area (Å²) < 4.78 is 11.5. The van der Waals surface area contributed by atoms with Crippen molar-refractivity contribution in [2.75, 3.05) is 13.2 Å². The van der Waals surface area contributed by atoms with Crippen LogP contribution in [0.5, 0.6) is 0 Å². The molecule has 2 aliphatic carbocycles. The highest BCUT2D eigenvalue weighted by molar-refractivity contribution is 5.50. The Balaban J connectivity index is 2.76. The molecule has 0 aromatic carbocycles. The first-order valence-corrected chi connectivity index (χ1v) is 6.70. The zero-order valence-electron chi connectivity index (χ0n) is 11.8. The minimum atomic E-state index is -1.81. The van der Waals surface area contributed by atoms with Crippen LogP contribution in [0, 0.1) is 68.0 Å². The standard InChI is InChI=1S/C15H14N4O2/c1-3-20-15(21-4-2)11-5-6-12(15)14(9-18,10-19)13(11,7-16)8-17/h5-6,11-12H,3-4H2,1-2H3. The van der Waals surface area contributed by atoms with E-state index in [2.05, 4.69) is 0 Å². The maximum Gasteiger partial charge on any atom is 0.187 e. The zero-order valence-corrected chi connectivity index (χ0v) is 11.8. The largest absolute Gasteiger partial charge is 0.349 e. The minimum Gasteiger partial charge on any atom is -0.349 e. The highest BCUT2D eigenvalue weighted by atomic mass is 16.7. The number of nitriles is 4. The molecular formula is C15H14N4O2. The average Bonchev–Trinajstić information content (AvgIpc) is 2.95. The van der Waals surface area contributed by atoms with E-state index in [1.807, 2.05) is 24.3 Å². The molecule has 6 heteroatoms. The van der Waals surface area contributed by atoms with Crippen LogP contribution in [0.3, 0.4) is 0 Å². The highest BCUT2D eigenvalue weighted by Gasteiger charge is 2.80. The maximum absolute atomic E-state index is 9.59. The Bertz CT molecular complexity index is 557. The molecule has 2 atom stereocenters. The van der Waals surface area contributed by atoms with E-state index in [0.717, 1.165) is 0 Å². The SMILES string of the molecule is CCOC1(OCC)C2C=CC1C(C#N)(C#N)C2(C#N)C#N. The summed E-state index contributed by atoms with van der Waals surface area (Å²) >= 11 is 0. The summed E-state index contributed by atoms with van der Waals surface area (Å²) in [5.41, 5.74) is -3.61. The van der Waals surface area contributed by atoms with Gasteiger partial charge in [0.05, 0.1) is 36.1 Å². The van der Waals surface area contributed by atoms with Gasteiger partial charge in [0.1, 0.15) is 0 Å². The van der Waals surface area contributed by atoms with Crippen molar-refractivity contribution >= 4 is 0 Å². The Morgan fingerprint density at radius 1 is 0.810 bits per heavy atom. The molecule has 21 heavy (non-hydrogen) atoms. The molecule has 0 saturated heterocycles. The minimum absolute atomic E-state index is 0.286. The predicted octanol–water partition coefficient (Wildman–Crippen LogP) is 1.64. The molecule has 2 unspecified atom stereocenters.